The molecule has 0 spiro atoms. The summed E-state index contributed by atoms with van der Waals surface area (Å²) in [6, 6.07) is 9.40. The summed E-state index contributed by atoms with van der Waals surface area (Å²) in [5.41, 5.74) is 1.57. The van der Waals surface area contributed by atoms with Crippen molar-refractivity contribution in [1.82, 2.24) is 10.2 Å². The Hall–Kier alpha value is -2.80. The molecule has 0 saturated heterocycles. The molecular weight excluding hydrogens is 375 g/mol. The summed E-state index contributed by atoms with van der Waals surface area (Å²) in [7, 11) is 6.54. The SMILES string of the molecule is COc1ccc(CN(C)C(C(=O)NC2CC2)c2ccc(F)cc2)c(OC)c1OC. The lowest BCUT2D eigenvalue weighted by atomic mass is 10.0. The number of amides is 1. The lowest BCUT2D eigenvalue weighted by molar-refractivity contribution is -0.126. The smallest absolute Gasteiger partial charge is 0.242 e. The Balaban J connectivity index is 1.90. The highest BCUT2D eigenvalue weighted by Gasteiger charge is 2.31. The number of carbonyl (C=O) groups is 1. The molecule has 1 N–H and O–H groups in total. The zero-order chi connectivity index (χ0) is 21.0. The van der Waals surface area contributed by atoms with Gasteiger partial charge in [0, 0.05) is 18.2 Å². The molecule has 1 unspecified atom stereocenters. The van der Waals surface area contributed by atoms with E-state index >= 15 is 0 Å². The van der Waals surface area contributed by atoms with Gasteiger partial charge in [-0.2, -0.15) is 0 Å². The van der Waals surface area contributed by atoms with Gasteiger partial charge in [0.2, 0.25) is 11.7 Å². The van der Waals surface area contributed by atoms with Gasteiger partial charge in [-0.3, -0.25) is 9.69 Å². The van der Waals surface area contributed by atoms with E-state index in [-0.39, 0.29) is 17.8 Å². The van der Waals surface area contributed by atoms with Crippen LogP contribution in [0.3, 0.4) is 0 Å². The zero-order valence-electron chi connectivity index (χ0n) is 17.2. The van der Waals surface area contributed by atoms with E-state index in [1.165, 1.54) is 12.1 Å². The fraction of sp³-hybridized carbons (Fsp3) is 0.409. The third-order valence-corrected chi connectivity index (χ3v) is 5.00. The molecule has 7 heteroatoms. The van der Waals surface area contributed by atoms with Crippen molar-refractivity contribution < 1.29 is 23.4 Å². The third-order valence-electron chi connectivity index (χ3n) is 5.00. The van der Waals surface area contributed by atoms with Crippen LogP contribution in [0.25, 0.3) is 0 Å². The Labute approximate surface area is 170 Å². The number of hydrogen-bond acceptors (Lipinski definition) is 5. The molecule has 1 aliphatic rings. The maximum atomic E-state index is 13.4. The van der Waals surface area contributed by atoms with E-state index in [1.54, 1.807) is 33.5 Å². The topological polar surface area (TPSA) is 60.0 Å². The fourth-order valence-corrected chi connectivity index (χ4v) is 3.41. The second kappa shape index (κ2) is 9.13. The molecule has 3 rings (SSSR count). The number of carbonyl (C=O) groups excluding carboxylic acids is 1. The van der Waals surface area contributed by atoms with Crippen molar-refractivity contribution in [3.8, 4) is 17.2 Å². The maximum absolute atomic E-state index is 13.4. The van der Waals surface area contributed by atoms with Crippen molar-refractivity contribution in [3.63, 3.8) is 0 Å². The summed E-state index contributed by atoms with van der Waals surface area (Å²) in [6.07, 6.45) is 1.99. The van der Waals surface area contributed by atoms with Crippen molar-refractivity contribution in [2.75, 3.05) is 28.4 Å². The molecule has 1 aliphatic carbocycles. The molecule has 0 radical (unpaired) electrons. The Kier molecular flexibility index (Phi) is 6.59. The summed E-state index contributed by atoms with van der Waals surface area (Å²) in [6.45, 7) is 0.420. The highest BCUT2D eigenvalue weighted by atomic mass is 19.1. The molecule has 1 amide bonds. The minimum Gasteiger partial charge on any atom is -0.493 e. The van der Waals surface area contributed by atoms with E-state index in [0.717, 1.165) is 24.0 Å². The molecule has 1 saturated carbocycles. The Morgan fingerprint density at radius 1 is 1.07 bits per heavy atom. The maximum Gasteiger partial charge on any atom is 0.242 e. The average molecular weight is 402 g/mol. The van der Waals surface area contributed by atoms with Gasteiger partial charge in [0.1, 0.15) is 11.9 Å². The van der Waals surface area contributed by atoms with E-state index in [2.05, 4.69) is 5.32 Å². The number of ether oxygens (including phenoxy) is 3. The second-order valence-electron chi connectivity index (χ2n) is 7.15. The van der Waals surface area contributed by atoms with Crippen LogP contribution in [0.15, 0.2) is 36.4 Å². The van der Waals surface area contributed by atoms with Crippen molar-refractivity contribution in [2.45, 2.75) is 31.5 Å². The predicted molar refractivity (Wildman–Crippen MR) is 108 cm³/mol. The largest absolute Gasteiger partial charge is 0.493 e. The highest BCUT2D eigenvalue weighted by molar-refractivity contribution is 5.83. The first-order valence-corrected chi connectivity index (χ1v) is 9.52. The van der Waals surface area contributed by atoms with Crippen LogP contribution in [-0.4, -0.2) is 45.2 Å². The van der Waals surface area contributed by atoms with Gasteiger partial charge < -0.3 is 19.5 Å². The molecule has 2 aromatic rings. The number of methoxy groups -OCH3 is 3. The van der Waals surface area contributed by atoms with Gasteiger partial charge >= 0.3 is 0 Å². The monoisotopic (exact) mass is 402 g/mol. The van der Waals surface area contributed by atoms with Gasteiger partial charge in [-0.05, 0) is 43.7 Å². The van der Waals surface area contributed by atoms with Gasteiger partial charge in [0.25, 0.3) is 0 Å². The van der Waals surface area contributed by atoms with E-state index in [1.807, 2.05) is 24.1 Å². The number of nitrogens with one attached hydrogen (secondary N) is 1. The number of benzene rings is 2. The lowest BCUT2D eigenvalue weighted by Crippen LogP contribution is -2.39. The van der Waals surface area contributed by atoms with Crippen molar-refractivity contribution in [1.29, 1.82) is 0 Å². The summed E-state index contributed by atoms with van der Waals surface area (Å²) < 4.78 is 29.8. The van der Waals surface area contributed by atoms with Gasteiger partial charge in [0.05, 0.1) is 21.3 Å². The molecule has 1 atom stereocenters. The number of nitrogens with zero attached hydrogens (tertiary/aromatic N) is 1. The van der Waals surface area contributed by atoms with Gasteiger partial charge in [-0.1, -0.05) is 18.2 Å². The summed E-state index contributed by atoms with van der Waals surface area (Å²) in [5.74, 6) is 1.19. The van der Waals surface area contributed by atoms with Gasteiger partial charge in [0.15, 0.2) is 11.5 Å². The summed E-state index contributed by atoms with van der Waals surface area (Å²) >= 11 is 0. The standard InChI is InChI=1S/C22H27FN2O4/c1-25(13-15-7-12-18(27-2)21(29-4)20(15)28-3)19(22(26)24-17-10-11-17)14-5-8-16(23)9-6-14/h5-9,12,17,19H,10-11,13H2,1-4H3,(H,24,26). The predicted octanol–water partition coefficient (Wildman–Crippen LogP) is 3.30. The number of halogens is 1. The quantitative estimate of drug-likeness (QED) is 0.697. The fourth-order valence-electron chi connectivity index (χ4n) is 3.41. The normalized spacial score (nSPS) is 14.4. The van der Waals surface area contributed by atoms with Crippen LogP contribution in [-0.2, 0) is 11.3 Å². The van der Waals surface area contributed by atoms with Crippen molar-refractivity contribution in [2.24, 2.45) is 0 Å². The van der Waals surface area contributed by atoms with Crippen molar-refractivity contribution in [3.05, 3.63) is 53.3 Å². The summed E-state index contributed by atoms with van der Waals surface area (Å²) in [5, 5.41) is 3.05. The Bertz CT molecular complexity index is 853. The minimum absolute atomic E-state index is 0.0962. The van der Waals surface area contributed by atoms with Crippen LogP contribution in [0.5, 0.6) is 17.2 Å². The molecule has 0 aliphatic heterocycles. The molecule has 0 heterocycles. The van der Waals surface area contributed by atoms with Crippen LogP contribution in [0.4, 0.5) is 4.39 Å². The van der Waals surface area contributed by atoms with E-state index < -0.39 is 6.04 Å². The third kappa shape index (κ3) is 4.79. The second-order valence-corrected chi connectivity index (χ2v) is 7.15. The molecule has 6 nitrogen and oxygen atoms in total. The molecular formula is C22H27FN2O4. The minimum atomic E-state index is -0.561. The zero-order valence-corrected chi connectivity index (χ0v) is 17.2. The summed E-state index contributed by atoms with van der Waals surface area (Å²) in [4.78, 5) is 14.9. The molecule has 2 aromatic carbocycles. The van der Waals surface area contributed by atoms with Crippen LogP contribution in [0.2, 0.25) is 0 Å². The van der Waals surface area contributed by atoms with E-state index in [4.69, 9.17) is 14.2 Å². The first-order valence-electron chi connectivity index (χ1n) is 9.52. The molecule has 1 fully saturated rings. The van der Waals surface area contributed by atoms with Crippen molar-refractivity contribution >= 4 is 5.91 Å². The average Bonchev–Trinajstić information content (AvgIpc) is 3.53. The number of likely N-dealkylation sites (N-methyl/N-ethyl adjacent to an activating group) is 1. The molecule has 0 bridgehead atoms. The van der Waals surface area contributed by atoms with Crippen LogP contribution >= 0.6 is 0 Å². The lowest BCUT2D eigenvalue weighted by Gasteiger charge is -2.28. The Morgan fingerprint density at radius 2 is 1.72 bits per heavy atom. The number of hydrogen-bond donors (Lipinski definition) is 1. The first-order chi connectivity index (χ1) is 14.0. The molecule has 156 valence electrons. The van der Waals surface area contributed by atoms with E-state index in [0.29, 0.717) is 23.8 Å². The molecule has 29 heavy (non-hydrogen) atoms. The van der Waals surface area contributed by atoms with Crippen LogP contribution < -0.4 is 19.5 Å². The number of rotatable bonds is 9. The molecule has 0 aromatic heterocycles. The van der Waals surface area contributed by atoms with Crippen LogP contribution in [0, 0.1) is 5.82 Å². The Morgan fingerprint density at radius 3 is 2.28 bits per heavy atom. The van der Waals surface area contributed by atoms with Crippen LogP contribution in [0.1, 0.15) is 30.0 Å². The first kappa shape index (κ1) is 20.9. The highest BCUT2D eigenvalue weighted by Crippen LogP contribution is 2.40. The van der Waals surface area contributed by atoms with Gasteiger partial charge in [-0.25, -0.2) is 4.39 Å². The van der Waals surface area contributed by atoms with Gasteiger partial charge in [-0.15, -0.1) is 0 Å². The van der Waals surface area contributed by atoms with E-state index in [9.17, 15) is 9.18 Å².